The lowest BCUT2D eigenvalue weighted by atomic mass is 10.1. The molecule has 0 radical (unpaired) electrons. The number of esters is 1. The van der Waals surface area contributed by atoms with Gasteiger partial charge in [0.1, 0.15) is 18.3 Å². The molecule has 1 aromatic carbocycles. The zero-order valence-corrected chi connectivity index (χ0v) is 13.7. The summed E-state index contributed by atoms with van der Waals surface area (Å²) in [5.74, 6) is -0.820. The maximum atomic E-state index is 12.0. The van der Waals surface area contributed by atoms with E-state index in [-0.39, 0.29) is 19.1 Å². The van der Waals surface area contributed by atoms with Crippen LogP contribution in [0, 0.1) is 13.8 Å². The van der Waals surface area contributed by atoms with E-state index in [0.717, 1.165) is 16.7 Å². The standard InChI is InChI=1S/C17H17ClN2O3/c1-11-5-12(2)7-14(6-11)17(22)20-9-16(21)23-10-13-3-4-15(18)19-8-13/h3-8H,9-10H2,1-2H3,(H,20,22). The molecule has 0 bridgehead atoms. The van der Waals surface area contributed by atoms with E-state index in [1.54, 1.807) is 24.3 Å². The predicted molar refractivity (Wildman–Crippen MR) is 87.3 cm³/mol. The van der Waals surface area contributed by atoms with Crippen molar-refractivity contribution < 1.29 is 14.3 Å². The summed E-state index contributed by atoms with van der Waals surface area (Å²) < 4.78 is 5.06. The number of hydrogen-bond acceptors (Lipinski definition) is 4. The third-order valence-corrected chi connectivity index (χ3v) is 3.29. The highest BCUT2D eigenvalue weighted by atomic mass is 35.5. The van der Waals surface area contributed by atoms with E-state index in [4.69, 9.17) is 16.3 Å². The van der Waals surface area contributed by atoms with Gasteiger partial charge in [0.25, 0.3) is 5.91 Å². The molecular weight excluding hydrogens is 316 g/mol. The maximum Gasteiger partial charge on any atom is 0.325 e. The first kappa shape index (κ1) is 17.0. The number of amides is 1. The molecule has 0 saturated carbocycles. The molecule has 120 valence electrons. The second-order valence-corrected chi connectivity index (χ2v) is 5.60. The van der Waals surface area contributed by atoms with Gasteiger partial charge in [-0.1, -0.05) is 34.9 Å². The SMILES string of the molecule is Cc1cc(C)cc(C(=O)NCC(=O)OCc2ccc(Cl)nc2)c1. The molecule has 1 N–H and O–H groups in total. The van der Waals surface area contributed by atoms with Gasteiger partial charge in [-0.2, -0.15) is 0 Å². The van der Waals surface area contributed by atoms with Crippen molar-refractivity contribution in [2.45, 2.75) is 20.5 Å². The minimum absolute atomic E-state index is 0.0857. The number of nitrogens with zero attached hydrogens (tertiary/aromatic N) is 1. The van der Waals surface area contributed by atoms with Crippen molar-refractivity contribution >= 4 is 23.5 Å². The first-order valence-corrected chi connectivity index (χ1v) is 7.44. The number of aromatic nitrogens is 1. The smallest absolute Gasteiger partial charge is 0.325 e. The number of ether oxygens (including phenoxy) is 1. The first-order chi connectivity index (χ1) is 10.9. The highest BCUT2D eigenvalue weighted by Gasteiger charge is 2.10. The number of pyridine rings is 1. The fraction of sp³-hybridized carbons (Fsp3) is 0.235. The zero-order chi connectivity index (χ0) is 16.8. The molecule has 1 aromatic heterocycles. The Labute approximate surface area is 139 Å². The van der Waals surface area contributed by atoms with E-state index in [9.17, 15) is 9.59 Å². The van der Waals surface area contributed by atoms with Crippen LogP contribution < -0.4 is 5.32 Å². The maximum absolute atomic E-state index is 12.0. The van der Waals surface area contributed by atoms with Gasteiger partial charge < -0.3 is 10.1 Å². The van der Waals surface area contributed by atoms with Crippen LogP contribution in [0.4, 0.5) is 0 Å². The minimum Gasteiger partial charge on any atom is -0.459 e. The molecule has 1 amide bonds. The van der Waals surface area contributed by atoms with Gasteiger partial charge in [-0.15, -0.1) is 0 Å². The summed E-state index contributed by atoms with van der Waals surface area (Å²) in [7, 11) is 0. The number of aryl methyl sites for hydroxylation is 2. The Morgan fingerprint density at radius 1 is 1.17 bits per heavy atom. The molecule has 1 heterocycles. The van der Waals surface area contributed by atoms with Gasteiger partial charge in [-0.3, -0.25) is 9.59 Å². The van der Waals surface area contributed by atoms with Gasteiger partial charge in [0.15, 0.2) is 0 Å². The second kappa shape index (κ2) is 7.74. The van der Waals surface area contributed by atoms with Crippen LogP contribution >= 0.6 is 11.6 Å². The fourth-order valence-electron chi connectivity index (χ4n) is 2.07. The fourth-order valence-corrected chi connectivity index (χ4v) is 2.18. The summed E-state index contributed by atoms with van der Waals surface area (Å²) in [5, 5.41) is 2.92. The van der Waals surface area contributed by atoms with Crippen molar-refractivity contribution in [3.63, 3.8) is 0 Å². The van der Waals surface area contributed by atoms with Crippen LogP contribution in [0.2, 0.25) is 5.15 Å². The van der Waals surface area contributed by atoms with Crippen LogP contribution in [-0.4, -0.2) is 23.4 Å². The average molecular weight is 333 g/mol. The van der Waals surface area contributed by atoms with Gasteiger partial charge in [-0.05, 0) is 32.0 Å². The Hall–Kier alpha value is -2.40. The van der Waals surface area contributed by atoms with E-state index < -0.39 is 5.97 Å². The number of halogens is 1. The quantitative estimate of drug-likeness (QED) is 0.675. The van der Waals surface area contributed by atoms with Crippen LogP contribution in [0.3, 0.4) is 0 Å². The normalized spacial score (nSPS) is 10.2. The van der Waals surface area contributed by atoms with E-state index in [1.807, 2.05) is 19.9 Å². The predicted octanol–water partition coefficient (Wildman–Crippen LogP) is 2.83. The molecule has 0 aliphatic rings. The van der Waals surface area contributed by atoms with Gasteiger partial charge >= 0.3 is 5.97 Å². The van der Waals surface area contributed by atoms with Crippen LogP contribution in [0.25, 0.3) is 0 Å². The van der Waals surface area contributed by atoms with Gasteiger partial charge in [0.2, 0.25) is 0 Å². The Balaban J connectivity index is 1.81. The van der Waals surface area contributed by atoms with Gasteiger partial charge in [0.05, 0.1) is 0 Å². The highest BCUT2D eigenvalue weighted by Crippen LogP contribution is 2.09. The summed E-state index contributed by atoms with van der Waals surface area (Å²) in [6, 6.07) is 8.86. The van der Waals surface area contributed by atoms with E-state index in [1.165, 1.54) is 6.20 Å². The number of benzene rings is 1. The molecule has 0 saturated heterocycles. The summed E-state index contributed by atoms with van der Waals surface area (Å²) in [6.07, 6.45) is 1.53. The van der Waals surface area contributed by atoms with Gasteiger partial charge in [0, 0.05) is 17.3 Å². The topological polar surface area (TPSA) is 68.3 Å². The Morgan fingerprint density at radius 2 is 1.87 bits per heavy atom. The molecule has 5 nitrogen and oxygen atoms in total. The second-order valence-electron chi connectivity index (χ2n) is 5.21. The molecule has 0 aliphatic carbocycles. The Bertz CT molecular complexity index is 694. The zero-order valence-electron chi connectivity index (χ0n) is 12.9. The lowest BCUT2D eigenvalue weighted by Gasteiger charge is -2.08. The van der Waals surface area contributed by atoms with Crippen LogP contribution in [0.5, 0.6) is 0 Å². The molecule has 2 aromatic rings. The molecule has 2 rings (SSSR count). The monoisotopic (exact) mass is 332 g/mol. The number of carbonyl (C=O) groups excluding carboxylic acids is 2. The lowest BCUT2D eigenvalue weighted by Crippen LogP contribution is -2.30. The summed E-state index contributed by atoms with van der Waals surface area (Å²) >= 11 is 5.67. The van der Waals surface area contributed by atoms with Crippen LogP contribution in [0.1, 0.15) is 27.0 Å². The minimum atomic E-state index is -0.516. The van der Waals surface area contributed by atoms with Gasteiger partial charge in [-0.25, -0.2) is 4.98 Å². The van der Waals surface area contributed by atoms with Crippen molar-refractivity contribution in [3.05, 3.63) is 63.9 Å². The molecule has 0 fully saturated rings. The van der Waals surface area contributed by atoms with Crippen molar-refractivity contribution in [1.82, 2.24) is 10.3 Å². The molecule has 0 atom stereocenters. The molecule has 0 aliphatic heterocycles. The number of rotatable bonds is 5. The Kier molecular flexibility index (Phi) is 5.71. The Morgan fingerprint density at radius 3 is 2.48 bits per heavy atom. The number of nitrogens with one attached hydrogen (secondary N) is 1. The molecule has 23 heavy (non-hydrogen) atoms. The summed E-state index contributed by atoms with van der Waals surface area (Å²) in [6.45, 7) is 3.73. The third-order valence-electron chi connectivity index (χ3n) is 3.07. The molecule has 0 unspecified atom stereocenters. The summed E-state index contributed by atoms with van der Waals surface area (Å²) in [5.41, 5.74) is 3.24. The molecular formula is C17H17ClN2O3. The highest BCUT2D eigenvalue weighted by molar-refractivity contribution is 6.29. The van der Waals surface area contributed by atoms with Crippen molar-refractivity contribution in [3.8, 4) is 0 Å². The molecule has 0 spiro atoms. The van der Waals surface area contributed by atoms with Crippen LogP contribution in [-0.2, 0) is 16.1 Å². The third kappa shape index (κ3) is 5.38. The average Bonchev–Trinajstić information content (AvgIpc) is 2.51. The van der Waals surface area contributed by atoms with E-state index in [0.29, 0.717) is 10.7 Å². The summed E-state index contributed by atoms with van der Waals surface area (Å²) in [4.78, 5) is 27.6. The first-order valence-electron chi connectivity index (χ1n) is 7.06. The molecule has 6 heteroatoms. The number of hydrogen-bond donors (Lipinski definition) is 1. The van der Waals surface area contributed by atoms with Crippen LogP contribution in [0.15, 0.2) is 36.5 Å². The lowest BCUT2D eigenvalue weighted by molar-refractivity contribution is -0.143. The van der Waals surface area contributed by atoms with Crippen molar-refractivity contribution in [2.24, 2.45) is 0 Å². The largest absolute Gasteiger partial charge is 0.459 e. The van der Waals surface area contributed by atoms with E-state index in [2.05, 4.69) is 10.3 Å². The number of carbonyl (C=O) groups is 2. The van der Waals surface area contributed by atoms with Crippen molar-refractivity contribution in [1.29, 1.82) is 0 Å². The van der Waals surface area contributed by atoms with E-state index >= 15 is 0 Å². The van der Waals surface area contributed by atoms with Crippen molar-refractivity contribution in [2.75, 3.05) is 6.54 Å².